The van der Waals surface area contributed by atoms with E-state index >= 15 is 0 Å². The lowest BCUT2D eigenvalue weighted by molar-refractivity contribution is 0.260. The first kappa shape index (κ1) is 18.1. The molecular weight excluding hydrogens is 348 g/mol. The first-order valence-electron chi connectivity index (χ1n) is 9.27. The number of ether oxygens (including phenoxy) is 2. The van der Waals surface area contributed by atoms with Gasteiger partial charge in [-0.15, -0.1) is 0 Å². The van der Waals surface area contributed by atoms with Crippen LogP contribution in [0.25, 0.3) is 21.9 Å². The molecule has 4 aromatic carbocycles. The summed E-state index contributed by atoms with van der Waals surface area (Å²) in [6.45, 7) is 0.339. The van der Waals surface area contributed by atoms with E-state index in [1.54, 1.807) is 7.11 Å². The zero-order valence-corrected chi connectivity index (χ0v) is 15.8. The van der Waals surface area contributed by atoms with Crippen LogP contribution in [0, 0.1) is 0 Å². The minimum absolute atomic E-state index is 0.110. The Bertz CT molecular complexity index is 1090. The molecule has 0 aliphatic heterocycles. The van der Waals surface area contributed by atoms with Crippen molar-refractivity contribution in [1.82, 2.24) is 0 Å². The van der Waals surface area contributed by atoms with E-state index in [-0.39, 0.29) is 6.61 Å². The van der Waals surface area contributed by atoms with Crippen molar-refractivity contribution in [3.8, 4) is 22.6 Å². The molecule has 0 atom stereocenters. The molecule has 0 unspecified atom stereocenters. The van der Waals surface area contributed by atoms with Crippen molar-refractivity contribution in [2.45, 2.75) is 13.2 Å². The van der Waals surface area contributed by atoms with Gasteiger partial charge in [0.15, 0.2) is 0 Å². The van der Waals surface area contributed by atoms with Gasteiger partial charge in [0.1, 0.15) is 18.1 Å². The SMILES string of the molecule is COc1cccc(-c2c(CO)c(OCc3ccccc3)cc3ccccc23)c1. The molecule has 1 N–H and O–H groups in total. The molecule has 0 aliphatic rings. The maximum atomic E-state index is 10.2. The largest absolute Gasteiger partial charge is 0.497 e. The predicted molar refractivity (Wildman–Crippen MR) is 113 cm³/mol. The number of aliphatic hydroxyl groups is 1. The van der Waals surface area contributed by atoms with Gasteiger partial charge in [0, 0.05) is 5.56 Å². The zero-order chi connectivity index (χ0) is 19.3. The van der Waals surface area contributed by atoms with Crippen molar-refractivity contribution in [2.24, 2.45) is 0 Å². The molecule has 3 nitrogen and oxygen atoms in total. The average Bonchev–Trinajstić information content (AvgIpc) is 2.77. The van der Waals surface area contributed by atoms with Gasteiger partial charge >= 0.3 is 0 Å². The highest BCUT2D eigenvalue weighted by molar-refractivity contribution is 6.00. The number of fused-ring (bicyclic) bond motifs is 1. The fraction of sp³-hybridized carbons (Fsp3) is 0.120. The van der Waals surface area contributed by atoms with Crippen molar-refractivity contribution in [3.05, 3.63) is 96.1 Å². The van der Waals surface area contributed by atoms with Crippen molar-refractivity contribution in [2.75, 3.05) is 7.11 Å². The van der Waals surface area contributed by atoms with Gasteiger partial charge in [-0.25, -0.2) is 0 Å². The highest BCUT2D eigenvalue weighted by atomic mass is 16.5. The average molecular weight is 370 g/mol. The Hall–Kier alpha value is -3.30. The van der Waals surface area contributed by atoms with Gasteiger partial charge in [0.05, 0.1) is 13.7 Å². The van der Waals surface area contributed by atoms with E-state index < -0.39 is 0 Å². The van der Waals surface area contributed by atoms with Crippen molar-refractivity contribution in [3.63, 3.8) is 0 Å². The lowest BCUT2D eigenvalue weighted by Crippen LogP contribution is -2.01. The van der Waals surface area contributed by atoms with Gasteiger partial charge in [-0.1, -0.05) is 66.7 Å². The van der Waals surface area contributed by atoms with Crippen LogP contribution < -0.4 is 9.47 Å². The van der Waals surface area contributed by atoms with Crippen LogP contribution in [0.3, 0.4) is 0 Å². The van der Waals surface area contributed by atoms with Crippen LogP contribution in [0.15, 0.2) is 84.9 Å². The van der Waals surface area contributed by atoms with E-state index in [9.17, 15) is 5.11 Å². The van der Waals surface area contributed by atoms with Gasteiger partial charge in [-0.3, -0.25) is 0 Å². The van der Waals surface area contributed by atoms with E-state index in [1.807, 2.05) is 72.8 Å². The molecule has 0 fully saturated rings. The maximum Gasteiger partial charge on any atom is 0.126 e. The zero-order valence-electron chi connectivity index (χ0n) is 15.8. The lowest BCUT2D eigenvalue weighted by atomic mass is 9.92. The Balaban J connectivity index is 1.86. The van der Waals surface area contributed by atoms with Crippen LogP contribution in [-0.4, -0.2) is 12.2 Å². The number of hydrogen-bond donors (Lipinski definition) is 1. The monoisotopic (exact) mass is 370 g/mol. The molecule has 0 radical (unpaired) electrons. The number of benzene rings is 4. The smallest absolute Gasteiger partial charge is 0.126 e. The molecule has 4 aromatic rings. The topological polar surface area (TPSA) is 38.7 Å². The van der Waals surface area contributed by atoms with E-state index in [4.69, 9.17) is 9.47 Å². The first-order chi connectivity index (χ1) is 13.8. The molecule has 0 bridgehead atoms. The molecule has 28 heavy (non-hydrogen) atoms. The summed E-state index contributed by atoms with van der Waals surface area (Å²) in [6, 6.07) is 28.1. The Kier molecular flexibility index (Phi) is 5.27. The third kappa shape index (κ3) is 3.57. The van der Waals surface area contributed by atoms with Crippen LogP contribution >= 0.6 is 0 Å². The minimum atomic E-state index is -0.110. The van der Waals surface area contributed by atoms with E-state index in [2.05, 4.69) is 12.1 Å². The minimum Gasteiger partial charge on any atom is -0.497 e. The molecule has 0 heterocycles. The van der Waals surface area contributed by atoms with Gasteiger partial charge < -0.3 is 14.6 Å². The first-order valence-corrected chi connectivity index (χ1v) is 9.27. The fourth-order valence-electron chi connectivity index (χ4n) is 3.49. The number of hydrogen-bond acceptors (Lipinski definition) is 3. The quantitative estimate of drug-likeness (QED) is 0.481. The Morgan fingerprint density at radius 3 is 2.39 bits per heavy atom. The molecule has 4 rings (SSSR count). The number of methoxy groups -OCH3 is 1. The van der Waals surface area contributed by atoms with Gasteiger partial charge in [-0.05, 0) is 45.7 Å². The third-order valence-corrected chi connectivity index (χ3v) is 4.87. The standard InChI is InChI=1S/C25H22O3/c1-27-21-12-7-11-20(14-21)25-22-13-6-5-10-19(22)15-24(23(25)16-26)28-17-18-8-3-2-4-9-18/h2-15,26H,16-17H2,1H3. The summed E-state index contributed by atoms with van der Waals surface area (Å²) in [5.74, 6) is 1.48. The van der Waals surface area contributed by atoms with Crippen LogP contribution in [0.2, 0.25) is 0 Å². The van der Waals surface area contributed by atoms with E-state index in [0.717, 1.165) is 38.8 Å². The van der Waals surface area contributed by atoms with Crippen LogP contribution in [0.1, 0.15) is 11.1 Å². The number of aliphatic hydroxyl groups excluding tert-OH is 1. The lowest BCUT2D eigenvalue weighted by Gasteiger charge is -2.18. The summed E-state index contributed by atoms with van der Waals surface area (Å²) in [4.78, 5) is 0. The molecular formula is C25H22O3. The molecule has 0 saturated carbocycles. The van der Waals surface area contributed by atoms with Crippen molar-refractivity contribution in [1.29, 1.82) is 0 Å². The van der Waals surface area contributed by atoms with Crippen molar-refractivity contribution >= 4 is 10.8 Å². The summed E-state index contributed by atoms with van der Waals surface area (Å²) in [6.07, 6.45) is 0. The van der Waals surface area contributed by atoms with Gasteiger partial charge in [-0.2, -0.15) is 0 Å². The summed E-state index contributed by atoms with van der Waals surface area (Å²) in [5.41, 5.74) is 3.83. The Morgan fingerprint density at radius 2 is 1.61 bits per heavy atom. The normalized spacial score (nSPS) is 10.8. The third-order valence-electron chi connectivity index (χ3n) is 4.87. The Labute approximate surface area is 164 Å². The fourth-order valence-corrected chi connectivity index (χ4v) is 3.49. The van der Waals surface area contributed by atoms with Crippen molar-refractivity contribution < 1.29 is 14.6 Å². The van der Waals surface area contributed by atoms with Crippen LogP contribution in [-0.2, 0) is 13.2 Å². The summed E-state index contributed by atoms with van der Waals surface area (Å²) < 4.78 is 11.6. The molecule has 0 aliphatic carbocycles. The summed E-state index contributed by atoms with van der Waals surface area (Å²) >= 11 is 0. The second-order valence-corrected chi connectivity index (χ2v) is 6.61. The molecule has 3 heteroatoms. The Morgan fingerprint density at radius 1 is 0.821 bits per heavy atom. The molecule has 0 aromatic heterocycles. The second-order valence-electron chi connectivity index (χ2n) is 6.61. The molecule has 140 valence electrons. The number of rotatable bonds is 6. The predicted octanol–water partition coefficient (Wildman–Crippen LogP) is 5.59. The van der Waals surface area contributed by atoms with E-state index in [0.29, 0.717) is 12.4 Å². The summed E-state index contributed by atoms with van der Waals surface area (Å²) in [5, 5.41) is 12.4. The van der Waals surface area contributed by atoms with E-state index in [1.165, 1.54) is 0 Å². The van der Waals surface area contributed by atoms with Crippen LogP contribution in [0.4, 0.5) is 0 Å². The molecule has 0 spiro atoms. The molecule has 0 amide bonds. The summed E-state index contributed by atoms with van der Waals surface area (Å²) in [7, 11) is 1.66. The highest BCUT2D eigenvalue weighted by Gasteiger charge is 2.16. The molecule has 0 saturated heterocycles. The van der Waals surface area contributed by atoms with Gasteiger partial charge in [0.2, 0.25) is 0 Å². The maximum absolute atomic E-state index is 10.2. The van der Waals surface area contributed by atoms with Gasteiger partial charge in [0.25, 0.3) is 0 Å². The highest BCUT2D eigenvalue weighted by Crippen LogP contribution is 2.39. The van der Waals surface area contributed by atoms with Crippen LogP contribution in [0.5, 0.6) is 11.5 Å². The second kappa shape index (κ2) is 8.15.